The molecule has 9 heteroatoms. The molecule has 1 N–H and O–H groups in total. The third-order valence-electron chi connectivity index (χ3n) is 3.89. The van der Waals surface area contributed by atoms with Crippen LogP contribution in [0.25, 0.3) is 0 Å². The topological polar surface area (TPSA) is 112 Å². The van der Waals surface area contributed by atoms with Gasteiger partial charge in [-0.05, 0) is 55.3 Å². The summed E-state index contributed by atoms with van der Waals surface area (Å²) in [5.41, 5.74) is 5.23. The first kappa shape index (κ1) is 21.9. The Kier molecular flexibility index (Phi) is 7.33. The summed E-state index contributed by atoms with van der Waals surface area (Å²) in [5.74, 6) is -0.0226. The van der Waals surface area contributed by atoms with E-state index < -0.39 is 15.9 Å². The molecule has 0 aliphatic carbocycles. The molecular formula is C20H22N4O4S. The molecule has 0 unspecified atom stereocenters. The summed E-state index contributed by atoms with van der Waals surface area (Å²) in [4.78, 5) is 12.2. The standard InChI is InChI=1S/C20H22N4O4S/c1-15-4-9-19(16(2)12-15)24(29(3,26)27)14-20(25)23-22-13-17-5-7-18(8-6-17)28-11-10-21/h4-9,12-13H,11,14H2,1-3H3,(H,23,25)/b22-13+. The zero-order chi connectivity index (χ0) is 21.4. The van der Waals surface area contributed by atoms with Crippen molar-refractivity contribution < 1.29 is 17.9 Å². The number of hydrogen-bond acceptors (Lipinski definition) is 6. The fraction of sp³-hybridized carbons (Fsp3) is 0.250. The molecule has 0 aliphatic heterocycles. The molecule has 152 valence electrons. The SMILES string of the molecule is Cc1ccc(N(CC(=O)N/N=C/c2ccc(OCC#N)cc2)S(C)(=O)=O)c(C)c1. The number of nitrogens with zero attached hydrogens (tertiary/aromatic N) is 3. The third kappa shape index (κ3) is 6.62. The summed E-state index contributed by atoms with van der Waals surface area (Å²) in [6, 6.07) is 14.0. The molecule has 0 fully saturated rings. The van der Waals surface area contributed by atoms with Gasteiger partial charge in [-0.1, -0.05) is 17.7 Å². The molecule has 0 spiro atoms. The van der Waals surface area contributed by atoms with Gasteiger partial charge >= 0.3 is 0 Å². The van der Waals surface area contributed by atoms with Gasteiger partial charge in [-0.15, -0.1) is 0 Å². The van der Waals surface area contributed by atoms with Crippen LogP contribution in [0.3, 0.4) is 0 Å². The summed E-state index contributed by atoms with van der Waals surface area (Å²) < 4.78 is 30.6. The predicted octanol–water partition coefficient (Wildman–Crippen LogP) is 2.12. The van der Waals surface area contributed by atoms with Gasteiger partial charge in [0.2, 0.25) is 10.0 Å². The Balaban J connectivity index is 2.03. The second-order valence-electron chi connectivity index (χ2n) is 6.37. The van der Waals surface area contributed by atoms with Gasteiger partial charge < -0.3 is 4.74 Å². The average molecular weight is 414 g/mol. The number of aryl methyl sites for hydroxylation is 2. The number of anilines is 1. The van der Waals surface area contributed by atoms with Gasteiger partial charge in [0.05, 0.1) is 18.2 Å². The Morgan fingerprint density at radius 2 is 1.93 bits per heavy atom. The van der Waals surface area contributed by atoms with E-state index >= 15 is 0 Å². The molecule has 2 aromatic carbocycles. The van der Waals surface area contributed by atoms with E-state index in [9.17, 15) is 13.2 Å². The summed E-state index contributed by atoms with van der Waals surface area (Å²) in [5, 5.41) is 12.3. The van der Waals surface area contributed by atoms with Crippen molar-refractivity contribution in [1.29, 1.82) is 5.26 Å². The number of ether oxygens (including phenoxy) is 1. The summed E-state index contributed by atoms with van der Waals surface area (Å²) in [6.07, 6.45) is 2.48. The minimum atomic E-state index is -3.65. The van der Waals surface area contributed by atoms with Gasteiger partial charge in [0, 0.05) is 0 Å². The van der Waals surface area contributed by atoms with Crippen LogP contribution < -0.4 is 14.5 Å². The summed E-state index contributed by atoms with van der Waals surface area (Å²) in [7, 11) is -3.65. The van der Waals surface area contributed by atoms with Crippen LogP contribution in [0, 0.1) is 25.2 Å². The lowest BCUT2D eigenvalue weighted by Gasteiger charge is -2.23. The van der Waals surface area contributed by atoms with E-state index in [1.807, 2.05) is 19.1 Å². The molecule has 0 saturated carbocycles. The van der Waals surface area contributed by atoms with Gasteiger partial charge in [-0.3, -0.25) is 9.10 Å². The van der Waals surface area contributed by atoms with Crippen LogP contribution >= 0.6 is 0 Å². The molecule has 0 radical (unpaired) electrons. The number of carbonyl (C=O) groups excluding carboxylic acids is 1. The summed E-state index contributed by atoms with van der Waals surface area (Å²) >= 11 is 0. The summed E-state index contributed by atoms with van der Waals surface area (Å²) in [6.45, 7) is 3.27. The molecule has 29 heavy (non-hydrogen) atoms. The van der Waals surface area contributed by atoms with Crippen LogP contribution in [0.4, 0.5) is 5.69 Å². The van der Waals surface area contributed by atoms with Gasteiger partial charge in [0.15, 0.2) is 6.61 Å². The van der Waals surface area contributed by atoms with Crippen molar-refractivity contribution in [1.82, 2.24) is 5.43 Å². The fourth-order valence-electron chi connectivity index (χ4n) is 2.58. The van der Waals surface area contributed by atoms with Gasteiger partial charge in [0.25, 0.3) is 5.91 Å². The third-order valence-corrected chi connectivity index (χ3v) is 5.02. The number of carbonyl (C=O) groups is 1. The Bertz CT molecular complexity index is 1040. The van der Waals surface area contributed by atoms with Crippen LogP contribution in [0.15, 0.2) is 47.6 Å². The Morgan fingerprint density at radius 1 is 1.24 bits per heavy atom. The van der Waals surface area contributed by atoms with Crippen LogP contribution in [0.5, 0.6) is 5.75 Å². The van der Waals surface area contributed by atoms with E-state index in [4.69, 9.17) is 10.00 Å². The second-order valence-corrected chi connectivity index (χ2v) is 8.28. The lowest BCUT2D eigenvalue weighted by Crippen LogP contribution is -2.39. The number of hydrogen-bond donors (Lipinski definition) is 1. The Morgan fingerprint density at radius 3 is 2.52 bits per heavy atom. The highest BCUT2D eigenvalue weighted by Crippen LogP contribution is 2.23. The first-order valence-electron chi connectivity index (χ1n) is 8.67. The molecule has 0 heterocycles. The normalized spacial score (nSPS) is 11.1. The highest BCUT2D eigenvalue weighted by Gasteiger charge is 2.22. The molecule has 2 rings (SSSR count). The molecule has 0 saturated heterocycles. The van der Waals surface area contributed by atoms with Gasteiger partial charge in [-0.2, -0.15) is 10.4 Å². The van der Waals surface area contributed by atoms with E-state index in [1.54, 1.807) is 43.3 Å². The lowest BCUT2D eigenvalue weighted by molar-refractivity contribution is -0.119. The van der Waals surface area contributed by atoms with Crippen molar-refractivity contribution in [2.24, 2.45) is 5.10 Å². The molecule has 0 aliphatic rings. The minimum Gasteiger partial charge on any atom is -0.479 e. The molecular weight excluding hydrogens is 392 g/mol. The number of nitriles is 1. The molecule has 0 bridgehead atoms. The number of amides is 1. The van der Waals surface area contributed by atoms with Gasteiger partial charge in [-0.25, -0.2) is 13.8 Å². The minimum absolute atomic E-state index is 0.0409. The Labute approximate surface area is 170 Å². The number of sulfonamides is 1. The monoisotopic (exact) mass is 414 g/mol. The number of nitrogens with one attached hydrogen (secondary N) is 1. The van der Waals surface area contributed by atoms with Crippen LogP contribution in [-0.4, -0.2) is 39.9 Å². The predicted molar refractivity (Wildman–Crippen MR) is 111 cm³/mol. The maximum atomic E-state index is 12.2. The van der Waals surface area contributed by atoms with E-state index in [0.29, 0.717) is 17.0 Å². The van der Waals surface area contributed by atoms with Crippen molar-refractivity contribution in [3.05, 3.63) is 59.2 Å². The first-order chi connectivity index (χ1) is 13.7. The van der Waals surface area contributed by atoms with Crippen LogP contribution in [0.2, 0.25) is 0 Å². The molecule has 0 aromatic heterocycles. The van der Waals surface area contributed by atoms with E-state index in [2.05, 4.69) is 10.5 Å². The van der Waals surface area contributed by atoms with Crippen LogP contribution in [-0.2, 0) is 14.8 Å². The maximum Gasteiger partial charge on any atom is 0.260 e. The van der Waals surface area contributed by atoms with Crippen molar-refractivity contribution in [3.8, 4) is 11.8 Å². The zero-order valence-corrected chi connectivity index (χ0v) is 17.2. The van der Waals surface area contributed by atoms with Crippen molar-refractivity contribution >= 4 is 27.8 Å². The van der Waals surface area contributed by atoms with Crippen molar-refractivity contribution in [2.75, 3.05) is 23.7 Å². The molecule has 2 aromatic rings. The highest BCUT2D eigenvalue weighted by molar-refractivity contribution is 7.92. The molecule has 0 atom stereocenters. The van der Waals surface area contributed by atoms with E-state index in [-0.39, 0.29) is 13.2 Å². The first-order valence-corrected chi connectivity index (χ1v) is 10.5. The second kappa shape index (κ2) is 9.71. The lowest BCUT2D eigenvalue weighted by atomic mass is 10.1. The quantitative estimate of drug-likeness (QED) is 0.525. The van der Waals surface area contributed by atoms with E-state index in [0.717, 1.165) is 21.7 Å². The smallest absolute Gasteiger partial charge is 0.260 e. The highest BCUT2D eigenvalue weighted by atomic mass is 32.2. The zero-order valence-electron chi connectivity index (χ0n) is 16.4. The molecule has 1 amide bonds. The van der Waals surface area contributed by atoms with Crippen molar-refractivity contribution in [3.63, 3.8) is 0 Å². The number of rotatable bonds is 8. The largest absolute Gasteiger partial charge is 0.479 e. The average Bonchev–Trinajstić information content (AvgIpc) is 2.65. The van der Waals surface area contributed by atoms with Crippen LogP contribution in [0.1, 0.15) is 16.7 Å². The van der Waals surface area contributed by atoms with E-state index in [1.165, 1.54) is 6.21 Å². The number of hydrazone groups is 1. The van der Waals surface area contributed by atoms with Gasteiger partial charge in [0.1, 0.15) is 18.4 Å². The Hall–Kier alpha value is -3.38. The molecule has 8 nitrogen and oxygen atoms in total. The van der Waals surface area contributed by atoms with Crippen molar-refractivity contribution in [2.45, 2.75) is 13.8 Å². The fourth-order valence-corrected chi connectivity index (χ4v) is 3.49. The maximum absolute atomic E-state index is 12.2. The number of benzene rings is 2.